The van der Waals surface area contributed by atoms with E-state index in [9.17, 15) is 4.79 Å². The Labute approximate surface area is 116 Å². The summed E-state index contributed by atoms with van der Waals surface area (Å²) < 4.78 is 1.92. The van der Waals surface area contributed by atoms with Gasteiger partial charge in [0.25, 0.3) is 5.91 Å². The molecule has 0 N–H and O–H groups in total. The molecule has 1 aliphatic heterocycles. The molecule has 0 atom stereocenters. The zero-order chi connectivity index (χ0) is 13.7. The van der Waals surface area contributed by atoms with Gasteiger partial charge >= 0.3 is 0 Å². The largest absolute Gasteiger partial charge is 0.337 e. The van der Waals surface area contributed by atoms with E-state index in [2.05, 4.69) is 11.2 Å². The van der Waals surface area contributed by atoms with Gasteiger partial charge in [0, 0.05) is 24.7 Å². The number of carbonyl (C=O) groups is 1. The molecule has 1 aromatic carbocycles. The minimum atomic E-state index is 0.101. The molecule has 1 aliphatic rings. The molecule has 3 aromatic rings. The van der Waals surface area contributed by atoms with Gasteiger partial charge in [0.2, 0.25) is 0 Å². The van der Waals surface area contributed by atoms with Gasteiger partial charge in [0.05, 0.1) is 17.4 Å². The molecule has 0 saturated carbocycles. The number of aromatic nitrogens is 2. The molecule has 0 radical (unpaired) electrons. The van der Waals surface area contributed by atoms with Gasteiger partial charge in [0.15, 0.2) is 0 Å². The maximum absolute atomic E-state index is 11.9. The van der Waals surface area contributed by atoms with Crippen molar-refractivity contribution in [1.29, 1.82) is 0 Å². The zero-order valence-corrected chi connectivity index (χ0v) is 11.1. The van der Waals surface area contributed by atoms with E-state index < -0.39 is 0 Å². The van der Waals surface area contributed by atoms with Crippen molar-refractivity contribution in [3.63, 3.8) is 0 Å². The first-order valence-electron chi connectivity index (χ1n) is 6.55. The number of nitrogens with zero attached hydrogens (tertiary/aromatic N) is 3. The molecule has 0 bridgehead atoms. The average Bonchev–Trinajstić information content (AvgIpc) is 3.04. The van der Waals surface area contributed by atoms with Crippen LogP contribution in [0.2, 0.25) is 0 Å². The molecule has 20 heavy (non-hydrogen) atoms. The highest BCUT2D eigenvalue weighted by Gasteiger charge is 2.24. The van der Waals surface area contributed by atoms with Crippen LogP contribution in [-0.2, 0) is 6.54 Å². The average molecular weight is 263 g/mol. The first-order chi connectivity index (χ1) is 9.74. The fourth-order valence-corrected chi connectivity index (χ4v) is 2.79. The van der Waals surface area contributed by atoms with Gasteiger partial charge in [-0.25, -0.2) is 4.52 Å². The van der Waals surface area contributed by atoms with Crippen molar-refractivity contribution in [1.82, 2.24) is 14.5 Å². The molecule has 2 aromatic heterocycles. The lowest BCUT2D eigenvalue weighted by Gasteiger charge is -2.06. The topological polar surface area (TPSA) is 37.6 Å². The predicted molar refractivity (Wildman–Crippen MR) is 76.4 cm³/mol. The first-order valence-corrected chi connectivity index (χ1v) is 6.55. The number of pyridine rings is 1. The van der Waals surface area contributed by atoms with Crippen LogP contribution < -0.4 is 0 Å². The molecular formula is C16H13N3O. The van der Waals surface area contributed by atoms with E-state index in [4.69, 9.17) is 0 Å². The lowest BCUT2D eigenvalue weighted by molar-refractivity contribution is 0.0816. The second-order valence-corrected chi connectivity index (χ2v) is 5.11. The summed E-state index contributed by atoms with van der Waals surface area (Å²) in [7, 11) is 1.83. The van der Waals surface area contributed by atoms with Crippen LogP contribution in [0, 0.1) is 0 Å². The Morgan fingerprint density at radius 1 is 1.15 bits per heavy atom. The lowest BCUT2D eigenvalue weighted by atomic mass is 10.0. The summed E-state index contributed by atoms with van der Waals surface area (Å²) >= 11 is 0. The molecule has 98 valence electrons. The van der Waals surface area contributed by atoms with Gasteiger partial charge in [-0.1, -0.05) is 12.1 Å². The van der Waals surface area contributed by atoms with Crippen molar-refractivity contribution in [3.05, 3.63) is 59.8 Å². The third kappa shape index (κ3) is 1.48. The van der Waals surface area contributed by atoms with Crippen LogP contribution in [-0.4, -0.2) is 27.5 Å². The SMILES string of the molecule is CN1Cc2cc(-c3cccc4ccnn34)ccc2C1=O. The van der Waals surface area contributed by atoms with Crippen LogP contribution in [0.25, 0.3) is 16.8 Å². The molecule has 1 amide bonds. The summed E-state index contributed by atoms with van der Waals surface area (Å²) in [5, 5.41) is 4.36. The highest BCUT2D eigenvalue weighted by atomic mass is 16.2. The van der Waals surface area contributed by atoms with Crippen molar-refractivity contribution in [3.8, 4) is 11.3 Å². The summed E-state index contributed by atoms with van der Waals surface area (Å²) in [5.74, 6) is 0.101. The smallest absolute Gasteiger partial charge is 0.254 e. The van der Waals surface area contributed by atoms with Gasteiger partial charge in [-0.05, 0) is 35.9 Å². The summed E-state index contributed by atoms with van der Waals surface area (Å²) in [4.78, 5) is 13.7. The standard InChI is InChI=1S/C16H13N3O/c1-18-10-12-9-11(5-6-14(12)16(18)20)15-4-2-3-13-7-8-17-19(13)15/h2-9H,10H2,1H3. The summed E-state index contributed by atoms with van der Waals surface area (Å²) in [6, 6.07) is 14.1. The Kier molecular flexibility index (Phi) is 2.21. The van der Waals surface area contributed by atoms with Crippen LogP contribution in [0.4, 0.5) is 0 Å². The maximum Gasteiger partial charge on any atom is 0.254 e. The molecule has 0 aliphatic carbocycles. The molecule has 4 heteroatoms. The van der Waals surface area contributed by atoms with Crippen LogP contribution >= 0.6 is 0 Å². The minimum absolute atomic E-state index is 0.101. The molecule has 0 fully saturated rings. The minimum Gasteiger partial charge on any atom is -0.337 e. The van der Waals surface area contributed by atoms with Crippen LogP contribution in [0.1, 0.15) is 15.9 Å². The molecule has 0 saturated heterocycles. The number of carbonyl (C=O) groups excluding carboxylic acids is 1. The van der Waals surface area contributed by atoms with E-state index in [1.54, 1.807) is 11.1 Å². The van der Waals surface area contributed by atoms with E-state index in [0.29, 0.717) is 6.54 Å². The Morgan fingerprint density at radius 2 is 2.05 bits per heavy atom. The second kappa shape index (κ2) is 3.93. The van der Waals surface area contributed by atoms with Crippen LogP contribution in [0.3, 0.4) is 0 Å². The third-order valence-corrected chi connectivity index (χ3v) is 3.81. The normalized spacial score (nSPS) is 14.1. The molecule has 0 unspecified atom stereocenters. The lowest BCUT2D eigenvalue weighted by Crippen LogP contribution is -2.17. The molecular weight excluding hydrogens is 250 g/mol. The highest BCUT2D eigenvalue weighted by Crippen LogP contribution is 2.28. The van der Waals surface area contributed by atoms with Crippen LogP contribution in [0.5, 0.6) is 0 Å². The van der Waals surface area contributed by atoms with E-state index in [0.717, 1.165) is 27.9 Å². The summed E-state index contributed by atoms with van der Waals surface area (Å²) in [6.45, 7) is 0.678. The monoisotopic (exact) mass is 263 g/mol. The number of hydrogen-bond donors (Lipinski definition) is 0. The van der Waals surface area contributed by atoms with Crippen molar-refractivity contribution in [2.45, 2.75) is 6.54 Å². The van der Waals surface area contributed by atoms with Crippen molar-refractivity contribution < 1.29 is 4.79 Å². The fraction of sp³-hybridized carbons (Fsp3) is 0.125. The first kappa shape index (κ1) is 11.2. The van der Waals surface area contributed by atoms with Gasteiger partial charge in [-0.15, -0.1) is 0 Å². The van der Waals surface area contributed by atoms with Crippen LogP contribution in [0.15, 0.2) is 48.7 Å². The van der Waals surface area contributed by atoms with E-state index in [1.165, 1.54) is 0 Å². The van der Waals surface area contributed by atoms with Gasteiger partial charge in [-0.3, -0.25) is 4.79 Å². The van der Waals surface area contributed by atoms with Crippen molar-refractivity contribution in [2.24, 2.45) is 0 Å². The highest BCUT2D eigenvalue weighted by molar-refractivity contribution is 5.98. The number of fused-ring (bicyclic) bond motifs is 2. The Hall–Kier alpha value is -2.62. The Bertz CT molecular complexity index is 835. The van der Waals surface area contributed by atoms with Gasteiger partial charge in [0.1, 0.15) is 0 Å². The van der Waals surface area contributed by atoms with Crippen molar-refractivity contribution in [2.75, 3.05) is 7.05 Å². The van der Waals surface area contributed by atoms with Gasteiger partial charge in [-0.2, -0.15) is 5.10 Å². The van der Waals surface area contributed by atoms with E-state index in [1.807, 2.05) is 48.0 Å². The zero-order valence-electron chi connectivity index (χ0n) is 11.1. The van der Waals surface area contributed by atoms with Crippen molar-refractivity contribution >= 4 is 11.4 Å². The maximum atomic E-state index is 11.9. The fourth-order valence-electron chi connectivity index (χ4n) is 2.79. The quantitative estimate of drug-likeness (QED) is 0.676. The van der Waals surface area contributed by atoms with E-state index >= 15 is 0 Å². The number of rotatable bonds is 1. The number of hydrogen-bond acceptors (Lipinski definition) is 2. The number of amides is 1. The van der Waals surface area contributed by atoms with E-state index in [-0.39, 0.29) is 5.91 Å². The van der Waals surface area contributed by atoms with Gasteiger partial charge < -0.3 is 4.90 Å². The summed E-state index contributed by atoms with van der Waals surface area (Å²) in [5.41, 5.74) is 5.08. The second-order valence-electron chi connectivity index (χ2n) is 5.11. The molecule has 4 nitrogen and oxygen atoms in total. The summed E-state index contributed by atoms with van der Waals surface area (Å²) in [6.07, 6.45) is 1.80. The molecule has 4 rings (SSSR count). The number of benzene rings is 1. The Balaban J connectivity index is 1.90. The molecule has 3 heterocycles. The Morgan fingerprint density at radius 3 is 2.95 bits per heavy atom. The molecule has 0 spiro atoms. The predicted octanol–water partition coefficient (Wildman–Crippen LogP) is 2.59. The third-order valence-electron chi connectivity index (χ3n) is 3.81.